The van der Waals surface area contributed by atoms with Crippen molar-refractivity contribution in [3.63, 3.8) is 0 Å². The second-order valence-electron chi connectivity index (χ2n) is 4.73. The summed E-state index contributed by atoms with van der Waals surface area (Å²) in [5.74, 6) is 0.300. The number of phenolic OH excluding ortho intramolecular Hbond substituents is 1. The molecular formula is C14H19N3O. The maximum absolute atomic E-state index is 10.1. The lowest BCUT2D eigenvalue weighted by Gasteiger charge is -2.34. The summed E-state index contributed by atoms with van der Waals surface area (Å²) in [6, 6.07) is 7.92. The highest BCUT2D eigenvalue weighted by Gasteiger charge is 2.24. The van der Waals surface area contributed by atoms with E-state index in [0.717, 1.165) is 37.3 Å². The van der Waals surface area contributed by atoms with Gasteiger partial charge in [-0.05, 0) is 18.6 Å². The van der Waals surface area contributed by atoms with Gasteiger partial charge in [0.15, 0.2) is 0 Å². The summed E-state index contributed by atoms with van der Waals surface area (Å²) >= 11 is 0. The zero-order chi connectivity index (χ0) is 13.0. The number of nitrogens with zero attached hydrogens (tertiary/aromatic N) is 2. The van der Waals surface area contributed by atoms with Crippen molar-refractivity contribution in [2.75, 3.05) is 26.2 Å². The molecule has 0 saturated carbocycles. The van der Waals surface area contributed by atoms with Crippen molar-refractivity contribution < 1.29 is 5.11 Å². The van der Waals surface area contributed by atoms with Gasteiger partial charge in [-0.2, -0.15) is 5.26 Å². The van der Waals surface area contributed by atoms with Crippen LogP contribution in [0.15, 0.2) is 18.2 Å². The molecule has 96 valence electrons. The Balaban J connectivity index is 2.25. The summed E-state index contributed by atoms with van der Waals surface area (Å²) in [7, 11) is 0. The van der Waals surface area contributed by atoms with E-state index < -0.39 is 0 Å². The van der Waals surface area contributed by atoms with Crippen molar-refractivity contribution >= 4 is 0 Å². The number of aryl methyl sites for hydroxylation is 1. The SMILES string of the molecule is Cc1ccc([C@H](CC#N)N2CCNCC2)c(O)c1. The van der Waals surface area contributed by atoms with Crippen LogP contribution in [0.5, 0.6) is 5.75 Å². The minimum atomic E-state index is -0.00213. The molecule has 0 amide bonds. The van der Waals surface area contributed by atoms with E-state index >= 15 is 0 Å². The van der Waals surface area contributed by atoms with Crippen molar-refractivity contribution in [3.05, 3.63) is 29.3 Å². The molecule has 1 aliphatic rings. The molecule has 2 N–H and O–H groups in total. The van der Waals surface area contributed by atoms with Crippen molar-refractivity contribution in [2.45, 2.75) is 19.4 Å². The molecule has 1 aliphatic heterocycles. The lowest BCUT2D eigenvalue weighted by Crippen LogP contribution is -2.45. The fourth-order valence-corrected chi connectivity index (χ4v) is 2.45. The second-order valence-corrected chi connectivity index (χ2v) is 4.73. The van der Waals surface area contributed by atoms with Crippen LogP contribution in [0.3, 0.4) is 0 Å². The molecule has 0 aliphatic carbocycles. The van der Waals surface area contributed by atoms with E-state index in [9.17, 15) is 5.11 Å². The molecule has 4 nitrogen and oxygen atoms in total. The maximum atomic E-state index is 10.1. The van der Waals surface area contributed by atoms with E-state index in [4.69, 9.17) is 5.26 Å². The zero-order valence-corrected chi connectivity index (χ0v) is 10.7. The Morgan fingerprint density at radius 2 is 2.17 bits per heavy atom. The van der Waals surface area contributed by atoms with Crippen molar-refractivity contribution in [1.82, 2.24) is 10.2 Å². The number of rotatable bonds is 3. The molecule has 18 heavy (non-hydrogen) atoms. The summed E-state index contributed by atoms with van der Waals surface area (Å²) in [6.45, 7) is 5.66. The minimum Gasteiger partial charge on any atom is -0.508 e. The maximum Gasteiger partial charge on any atom is 0.120 e. The second kappa shape index (κ2) is 5.85. The first kappa shape index (κ1) is 12.9. The molecule has 1 aromatic rings. The van der Waals surface area contributed by atoms with Gasteiger partial charge >= 0.3 is 0 Å². The fraction of sp³-hybridized carbons (Fsp3) is 0.500. The van der Waals surface area contributed by atoms with Gasteiger partial charge in [0.1, 0.15) is 5.75 Å². The highest BCUT2D eigenvalue weighted by molar-refractivity contribution is 5.38. The Kier molecular flexibility index (Phi) is 4.19. The van der Waals surface area contributed by atoms with Gasteiger partial charge in [-0.3, -0.25) is 4.90 Å². The van der Waals surface area contributed by atoms with Crippen LogP contribution in [-0.2, 0) is 0 Å². The smallest absolute Gasteiger partial charge is 0.120 e. The van der Waals surface area contributed by atoms with Crippen LogP contribution in [0, 0.1) is 18.3 Å². The molecule has 1 heterocycles. The van der Waals surface area contributed by atoms with Crippen LogP contribution in [0.25, 0.3) is 0 Å². The summed E-state index contributed by atoms with van der Waals surface area (Å²) in [5, 5.41) is 22.4. The van der Waals surface area contributed by atoms with E-state index in [1.807, 2.05) is 19.1 Å². The number of nitrogens with one attached hydrogen (secondary N) is 1. The van der Waals surface area contributed by atoms with Crippen LogP contribution in [0.2, 0.25) is 0 Å². The van der Waals surface area contributed by atoms with E-state index in [1.54, 1.807) is 6.07 Å². The lowest BCUT2D eigenvalue weighted by molar-refractivity contribution is 0.173. The Morgan fingerprint density at radius 1 is 1.44 bits per heavy atom. The van der Waals surface area contributed by atoms with Crippen molar-refractivity contribution in [2.24, 2.45) is 0 Å². The average Bonchev–Trinajstić information content (AvgIpc) is 2.38. The molecule has 2 rings (SSSR count). The van der Waals surface area contributed by atoms with E-state index in [0.29, 0.717) is 12.2 Å². The van der Waals surface area contributed by atoms with Gasteiger partial charge in [-0.15, -0.1) is 0 Å². The van der Waals surface area contributed by atoms with Crippen LogP contribution in [0.1, 0.15) is 23.6 Å². The van der Waals surface area contributed by atoms with Crippen LogP contribution in [-0.4, -0.2) is 36.2 Å². The number of phenols is 1. The minimum absolute atomic E-state index is 0.00213. The van der Waals surface area contributed by atoms with Crippen molar-refractivity contribution in [1.29, 1.82) is 5.26 Å². The predicted molar refractivity (Wildman–Crippen MR) is 70.3 cm³/mol. The number of piperazine rings is 1. The summed E-state index contributed by atoms with van der Waals surface area (Å²) in [5.41, 5.74) is 1.90. The third-order valence-electron chi connectivity index (χ3n) is 3.42. The largest absolute Gasteiger partial charge is 0.508 e. The molecular weight excluding hydrogens is 226 g/mol. The van der Waals surface area contributed by atoms with Gasteiger partial charge in [-0.25, -0.2) is 0 Å². The third-order valence-corrected chi connectivity index (χ3v) is 3.42. The molecule has 1 atom stereocenters. The summed E-state index contributed by atoms with van der Waals surface area (Å²) in [6.07, 6.45) is 0.413. The molecule has 0 spiro atoms. The normalized spacial score (nSPS) is 18.2. The highest BCUT2D eigenvalue weighted by Crippen LogP contribution is 2.31. The summed E-state index contributed by atoms with van der Waals surface area (Å²) in [4.78, 5) is 2.27. The molecule has 4 heteroatoms. The third kappa shape index (κ3) is 2.81. The molecule has 0 aromatic heterocycles. The Hall–Kier alpha value is -1.57. The van der Waals surface area contributed by atoms with Gasteiger partial charge in [-0.1, -0.05) is 12.1 Å². The molecule has 1 saturated heterocycles. The van der Waals surface area contributed by atoms with Gasteiger partial charge in [0, 0.05) is 31.7 Å². The van der Waals surface area contributed by atoms with Gasteiger partial charge in [0.05, 0.1) is 18.5 Å². The summed E-state index contributed by atoms with van der Waals surface area (Å²) < 4.78 is 0. The molecule has 0 unspecified atom stereocenters. The number of aromatic hydroxyl groups is 1. The quantitative estimate of drug-likeness (QED) is 0.848. The van der Waals surface area contributed by atoms with Crippen LogP contribution in [0.4, 0.5) is 0 Å². The first-order chi connectivity index (χ1) is 8.72. The van der Waals surface area contributed by atoms with Crippen molar-refractivity contribution in [3.8, 4) is 11.8 Å². The molecule has 0 radical (unpaired) electrons. The Morgan fingerprint density at radius 3 is 2.78 bits per heavy atom. The standard InChI is InChI=1S/C14H19N3O/c1-11-2-3-12(14(18)10-11)13(4-5-15)17-8-6-16-7-9-17/h2-3,10,13,16,18H,4,6-9H2,1H3/t13-/m0/s1. The molecule has 1 aromatic carbocycles. The number of hydrogen-bond donors (Lipinski definition) is 2. The van der Waals surface area contributed by atoms with E-state index in [-0.39, 0.29) is 6.04 Å². The highest BCUT2D eigenvalue weighted by atomic mass is 16.3. The first-order valence-corrected chi connectivity index (χ1v) is 6.33. The molecule has 0 bridgehead atoms. The number of hydrogen-bond acceptors (Lipinski definition) is 4. The van der Waals surface area contributed by atoms with E-state index in [2.05, 4.69) is 16.3 Å². The van der Waals surface area contributed by atoms with E-state index in [1.165, 1.54) is 0 Å². The topological polar surface area (TPSA) is 59.3 Å². The monoisotopic (exact) mass is 245 g/mol. The number of nitriles is 1. The number of benzene rings is 1. The zero-order valence-electron chi connectivity index (χ0n) is 10.7. The predicted octanol–water partition coefficient (Wildman–Crippen LogP) is 1.56. The van der Waals surface area contributed by atoms with Crippen LogP contribution < -0.4 is 5.32 Å². The van der Waals surface area contributed by atoms with Gasteiger partial charge < -0.3 is 10.4 Å². The van der Waals surface area contributed by atoms with Gasteiger partial charge in [0.25, 0.3) is 0 Å². The molecule has 1 fully saturated rings. The van der Waals surface area contributed by atoms with Gasteiger partial charge in [0.2, 0.25) is 0 Å². The fourth-order valence-electron chi connectivity index (χ4n) is 2.45. The van der Waals surface area contributed by atoms with Crippen LogP contribution >= 0.6 is 0 Å². The average molecular weight is 245 g/mol. The lowest BCUT2D eigenvalue weighted by atomic mass is 9.99. The first-order valence-electron chi connectivity index (χ1n) is 6.33. The Labute approximate surface area is 108 Å². The Bertz CT molecular complexity index is 447.